The van der Waals surface area contributed by atoms with Crippen molar-refractivity contribution in [2.45, 2.75) is 0 Å². The molecule has 0 bridgehead atoms. The summed E-state index contributed by atoms with van der Waals surface area (Å²) in [5.41, 5.74) is 1.95. The molecule has 0 amide bonds. The van der Waals surface area contributed by atoms with Gasteiger partial charge in [0.05, 0.1) is 11.0 Å². The topological polar surface area (TPSA) is 73.4 Å². The average Bonchev–Trinajstić information content (AvgIpc) is 2.51. The van der Waals surface area contributed by atoms with E-state index in [-0.39, 0.29) is 17.1 Å². The summed E-state index contributed by atoms with van der Waals surface area (Å²) in [5, 5.41) is 14.8. The molecule has 0 N–H and O–H groups in total. The third-order valence-electron chi connectivity index (χ3n) is 2.34. The number of pyridine rings is 2. The molecule has 0 fully saturated rings. The van der Waals surface area contributed by atoms with Gasteiger partial charge in [-0.1, -0.05) is 24.3 Å². The van der Waals surface area contributed by atoms with Crippen LogP contribution < -0.4 is 0 Å². The first-order valence-corrected chi connectivity index (χ1v) is 4.98. The molecule has 0 radical (unpaired) electrons. The minimum absolute atomic E-state index is 0. The van der Waals surface area contributed by atoms with E-state index in [0.717, 1.165) is 21.8 Å². The molecular formula is C14H8FeN4. The van der Waals surface area contributed by atoms with Crippen LogP contribution in [0.15, 0.2) is 48.8 Å². The summed E-state index contributed by atoms with van der Waals surface area (Å²) in [6, 6.07) is 12.1. The summed E-state index contributed by atoms with van der Waals surface area (Å²) in [6.07, 6.45) is 3.60. The summed E-state index contributed by atoms with van der Waals surface area (Å²) in [5.74, 6) is 0. The Balaban J connectivity index is 0.000000597. The summed E-state index contributed by atoms with van der Waals surface area (Å²) < 4.78 is 0. The van der Waals surface area contributed by atoms with E-state index < -0.39 is 0 Å². The Bertz CT molecular complexity index is 631. The van der Waals surface area contributed by atoms with Crippen LogP contribution in [-0.2, 0) is 17.1 Å². The molecule has 1 aromatic carbocycles. The quantitative estimate of drug-likeness (QED) is 0.362. The van der Waals surface area contributed by atoms with Gasteiger partial charge in [0.15, 0.2) is 0 Å². The Kier molecular flexibility index (Phi) is 7.49. The summed E-state index contributed by atoms with van der Waals surface area (Å²) >= 11 is 0. The molecule has 3 rings (SSSR count). The Hall–Kier alpha value is -2.46. The zero-order chi connectivity index (χ0) is 13.4. The van der Waals surface area contributed by atoms with E-state index in [9.17, 15) is 0 Å². The third-order valence-corrected chi connectivity index (χ3v) is 2.34. The maximum Gasteiger partial charge on any atom is 2.00 e. The molecule has 0 saturated carbocycles. The van der Waals surface area contributed by atoms with Crippen LogP contribution in [0.3, 0.4) is 0 Å². The van der Waals surface area contributed by atoms with Gasteiger partial charge in [0, 0.05) is 23.2 Å². The standard InChI is InChI=1S/C12H8N2.2CN.Fe/c1-3-9-5-6-10-4-2-8-14-12(10)11(9)13-7-1;2*1-2;/h1-8H;;;/q;2*-1;+2. The summed E-state index contributed by atoms with van der Waals surface area (Å²) in [7, 11) is 0. The molecule has 0 aliphatic carbocycles. The van der Waals surface area contributed by atoms with Gasteiger partial charge in [-0.15, -0.1) is 0 Å². The zero-order valence-electron chi connectivity index (χ0n) is 9.76. The van der Waals surface area contributed by atoms with E-state index in [4.69, 9.17) is 23.7 Å². The van der Waals surface area contributed by atoms with Crippen LogP contribution in [0.1, 0.15) is 0 Å². The first kappa shape index (κ1) is 16.5. The molecule has 5 heteroatoms. The van der Waals surface area contributed by atoms with E-state index in [2.05, 4.69) is 34.2 Å². The second kappa shape index (κ2) is 8.60. The van der Waals surface area contributed by atoms with E-state index in [1.807, 2.05) is 12.1 Å². The van der Waals surface area contributed by atoms with Gasteiger partial charge in [0.2, 0.25) is 0 Å². The monoisotopic (exact) mass is 288 g/mol. The van der Waals surface area contributed by atoms with Crippen molar-refractivity contribution in [1.82, 2.24) is 9.97 Å². The summed E-state index contributed by atoms with van der Waals surface area (Å²) in [6.45, 7) is 9.50. The fourth-order valence-corrected chi connectivity index (χ4v) is 1.68. The molecular weight excluding hydrogens is 280 g/mol. The van der Waals surface area contributed by atoms with Gasteiger partial charge in [0.1, 0.15) is 0 Å². The van der Waals surface area contributed by atoms with Gasteiger partial charge in [-0.25, -0.2) is 0 Å². The van der Waals surface area contributed by atoms with Gasteiger partial charge in [0.25, 0.3) is 0 Å². The second-order valence-electron chi connectivity index (χ2n) is 3.22. The first-order chi connectivity index (χ1) is 8.95. The third kappa shape index (κ3) is 3.50. The molecule has 0 aliphatic heterocycles. The number of hydrogen-bond donors (Lipinski definition) is 0. The maximum atomic E-state index is 6.25. The van der Waals surface area contributed by atoms with Crippen molar-refractivity contribution in [1.29, 1.82) is 10.5 Å². The molecule has 3 aromatic rings. The fourth-order valence-electron chi connectivity index (χ4n) is 1.68. The van der Waals surface area contributed by atoms with Crippen LogP contribution in [0.2, 0.25) is 0 Å². The minimum atomic E-state index is 0. The van der Waals surface area contributed by atoms with Gasteiger partial charge >= 0.3 is 17.1 Å². The molecule has 0 saturated heterocycles. The smallest absolute Gasteiger partial charge is 0.512 e. The second-order valence-corrected chi connectivity index (χ2v) is 3.22. The first-order valence-electron chi connectivity index (χ1n) is 4.98. The number of benzene rings is 1. The molecule has 2 heterocycles. The molecule has 0 aliphatic rings. The maximum absolute atomic E-state index is 6.25. The van der Waals surface area contributed by atoms with Crippen molar-refractivity contribution in [3.63, 3.8) is 0 Å². The number of rotatable bonds is 0. The van der Waals surface area contributed by atoms with Gasteiger partial charge in [-0.3, -0.25) is 9.97 Å². The predicted molar refractivity (Wildman–Crippen MR) is 67.0 cm³/mol. The van der Waals surface area contributed by atoms with Crippen LogP contribution in [0.25, 0.3) is 21.8 Å². The molecule has 4 nitrogen and oxygen atoms in total. The van der Waals surface area contributed by atoms with Crippen molar-refractivity contribution < 1.29 is 17.1 Å². The van der Waals surface area contributed by atoms with E-state index in [1.165, 1.54) is 0 Å². The Morgan fingerprint density at radius 3 is 1.42 bits per heavy atom. The van der Waals surface area contributed by atoms with Crippen molar-refractivity contribution in [3.05, 3.63) is 61.9 Å². The van der Waals surface area contributed by atoms with Crippen LogP contribution in [0.5, 0.6) is 0 Å². The summed E-state index contributed by atoms with van der Waals surface area (Å²) in [4.78, 5) is 8.69. The number of hydrogen-bond acceptors (Lipinski definition) is 4. The SMILES string of the molecule is [C-]#N.[C-]#N.[Fe+2].c1cnc2c(c1)ccc1cccnc12. The molecule has 19 heavy (non-hydrogen) atoms. The van der Waals surface area contributed by atoms with Crippen LogP contribution >= 0.6 is 0 Å². The number of aromatic nitrogens is 2. The van der Waals surface area contributed by atoms with E-state index in [1.54, 1.807) is 12.4 Å². The molecule has 2 aromatic heterocycles. The van der Waals surface area contributed by atoms with Crippen LogP contribution in [0, 0.1) is 23.7 Å². The minimum Gasteiger partial charge on any atom is -0.512 e. The van der Waals surface area contributed by atoms with Crippen molar-refractivity contribution in [3.8, 4) is 0 Å². The van der Waals surface area contributed by atoms with Crippen molar-refractivity contribution >= 4 is 21.8 Å². The van der Waals surface area contributed by atoms with Crippen LogP contribution in [0.4, 0.5) is 0 Å². The van der Waals surface area contributed by atoms with Crippen LogP contribution in [-0.4, -0.2) is 9.97 Å². The number of fused-ring (bicyclic) bond motifs is 3. The predicted octanol–water partition coefficient (Wildman–Crippen LogP) is 2.97. The molecule has 0 atom stereocenters. The van der Waals surface area contributed by atoms with Gasteiger partial charge in [-0.2, -0.15) is 0 Å². The van der Waals surface area contributed by atoms with Gasteiger partial charge in [-0.05, 0) is 12.1 Å². The Morgan fingerprint density at radius 2 is 1.05 bits per heavy atom. The molecule has 92 valence electrons. The van der Waals surface area contributed by atoms with E-state index in [0.29, 0.717) is 0 Å². The zero-order valence-corrected chi connectivity index (χ0v) is 10.9. The van der Waals surface area contributed by atoms with Crippen molar-refractivity contribution in [2.75, 3.05) is 0 Å². The average molecular weight is 288 g/mol. The Labute approximate surface area is 121 Å². The number of nitrogens with zero attached hydrogens (tertiary/aromatic N) is 4. The Morgan fingerprint density at radius 1 is 0.684 bits per heavy atom. The molecule has 0 spiro atoms. The largest absolute Gasteiger partial charge is 2.00 e. The molecule has 0 unspecified atom stereocenters. The van der Waals surface area contributed by atoms with Gasteiger partial charge < -0.3 is 23.7 Å². The van der Waals surface area contributed by atoms with E-state index >= 15 is 0 Å². The fraction of sp³-hybridized carbons (Fsp3) is 0. The van der Waals surface area contributed by atoms with Crippen molar-refractivity contribution in [2.24, 2.45) is 0 Å². The normalized spacial score (nSPS) is 8.21.